The Morgan fingerprint density at radius 3 is 2.93 bits per heavy atom. The number of nitrogens with zero attached hydrogens (tertiary/aromatic N) is 5. The Bertz CT molecular complexity index is 1020. The fourth-order valence-electron chi connectivity index (χ4n) is 3.74. The number of hydrogen-bond donors (Lipinski definition) is 2. The molecule has 0 amide bonds. The molecule has 0 spiro atoms. The number of carboxylic acids is 1. The third-order valence-electron chi connectivity index (χ3n) is 5.13. The minimum atomic E-state index is -1.12. The lowest BCUT2D eigenvalue weighted by atomic mass is 10.0. The highest BCUT2D eigenvalue weighted by Gasteiger charge is 2.44. The lowest BCUT2D eigenvalue weighted by Crippen LogP contribution is -2.46. The van der Waals surface area contributed by atoms with E-state index >= 15 is 0 Å². The van der Waals surface area contributed by atoms with E-state index in [0.29, 0.717) is 24.2 Å². The van der Waals surface area contributed by atoms with Gasteiger partial charge in [-0.05, 0) is 37.5 Å². The Labute approximate surface area is 153 Å². The predicted molar refractivity (Wildman–Crippen MR) is 94.1 cm³/mol. The molecule has 3 aromatic heterocycles. The summed E-state index contributed by atoms with van der Waals surface area (Å²) in [6, 6.07) is 2.90. The van der Waals surface area contributed by atoms with Crippen molar-refractivity contribution in [2.45, 2.75) is 31.3 Å². The van der Waals surface area contributed by atoms with Crippen LogP contribution >= 0.6 is 0 Å². The predicted octanol–water partition coefficient (Wildman–Crippen LogP) is 2.05. The zero-order valence-corrected chi connectivity index (χ0v) is 14.6. The number of aromatic carboxylic acids is 1. The van der Waals surface area contributed by atoms with Gasteiger partial charge in [0.25, 0.3) is 0 Å². The van der Waals surface area contributed by atoms with Crippen molar-refractivity contribution in [3.63, 3.8) is 0 Å². The summed E-state index contributed by atoms with van der Waals surface area (Å²) in [6.07, 6.45) is 6.97. The standard InChI is InChI=1S/C18H18FN5O3/c1-18(10-25)4-2-14(11-6-12(19)8-20-7-11)24(18)15-3-5-23-16(22-15)13(9-21-23)17(26)27/h3,5-9,14,25H,2,4,10H2,1H3,(H,26,27)/t14-,18+/m1/s1. The zero-order valence-electron chi connectivity index (χ0n) is 14.6. The van der Waals surface area contributed by atoms with Gasteiger partial charge in [0, 0.05) is 12.4 Å². The maximum atomic E-state index is 13.7. The van der Waals surface area contributed by atoms with Crippen LogP contribution in [0.2, 0.25) is 0 Å². The second-order valence-electron chi connectivity index (χ2n) is 6.93. The highest BCUT2D eigenvalue weighted by molar-refractivity contribution is 5.94. The van der Waals surface area contributed by atoms with E-state index in [9.17, 15) is 19.4 Å². The van der Waals surface area contributed by atoms with Crippen LogP contribution in [0.4, 0.5) is 10.2 Å². The van der Waals surface area contributed by atoms with Crippen molar-refractivity contribution in [3.05, 3.63) is 53.9 Å². The molecule has 4 heterocycles. The molecule has 1 saturated heterocycles. The number of carboxylic acid groups (broad SMARTS) is 1. The minimum Gasteiger partial charge on any atom is -0.477 e. The van der Waals surface area contributed by atoms with Gasteiger partial charge < -0.3 is 15.1 Å². The van der Waals surface area contributed by atoms with E-state index in [4.69, 9.17) is 0 Å². The largest absolute Gasteiger partial charge is 0.477 e. The topological polar surface area (TPSA) is 104 Å². The molecule has 0 bridgehead atoms. The Hall–Kier alpha value is -3.07. The van der Waals surface area contributed by atoms with Gasteiger partial charge in [0.2, 0.25) is 0 Å². The van der Waals surface area contributed by atoms with Gasteiger partial charge >= 0.3 is 5.97 Å². The SMILES string of the molecule is C[C@@]1(CO)CC[C@H](c2cncc(F)c2)N1c1ccn2ncc(C(=O)O)c2n1. The first-order valence-corrected chi connectivity index (χ1v) is 8.51. The second-order valence-corrected chi connectivity index (χ2v) is 6.93. The molecule has 27 heavy (non-hydrogen) atoms. The molecule has 1 fully saturated rings. The van der Waals surface area contributed by atoms with Crippen LogP contribution in [0.15, 0.2) is 36.9 Å². The van der Waals surface area contributed by atoms with Crippen LogP contribution in [0.3, 0.4) is 0 Å². The summed E-state index contributed by atoms with van der Waals surface area (Å²) in [5.41, 5.74) is 0.265. The first kappa shape index (κ1) is 17.3. The molecular weight excluding hydrogens is 353 g/mol. The molecule has 8 nitrogen and oxygen atoms in total. The second kappa shape index (κ2) is 6.27. The number of anilines is 1. The third-order valence-corrected chi connectivity index (χ3v) is 5.13. The summed E-state index contributed by atoms with van der Waals surface area (Å²) in [7, 11) is 0. The molecule has 1 aliphatic rings. The van der Waals surface area contributed by atoms with Crippen molar-refractivity contribution in [3.8, 4) is 0 Å². The van der Waals surface area contributed by atoms with Crippen LogP contribution in [-0.4, -0.2) is 47.9 Å². The van der Waals surface area contributed by atoms with Crippen LogP contribution in [0.1, 0.15) is 41.7 Å². The summed E-state index contributed by atoms with van der Waals surface area (Å²) in [5, 5.41) is 23.4. The van der Waals surface area contributed by atoms with E-state index < -0.39 is 17.3 Å². The van der Waals surface area contributed by atoms with Crippen molar-refractivity contribution < 1.29 is 19.4 Å². The molecule has 2 N–H and O–H groups in total. The van der Waals surface area contributed by atoms with Crippen LogP contribution < -0.4 is 4.90 Å². The van der Waals surface area contributed by atoms with E-state index in [1.807, 2.05) is 11.8 Å². The molecule has 4 rings (SSSR count). The smallest absolute Gasteiger partial charge is 0.341 e. The molecule has 9 heteroatoms. The first-order chi connectivity index (χ1) is 12.9. The lowest BCUT2D eigenvalue weighted by Gasteiger charge is -2.38. The number of aliphatic hydroxyl groups is 1. The normalized spacial score (nSPS) is 22.5. The number of rotatable bonds is 4. The third kappa shape index (κ3) is 2.80. The van der Waals surface area contributed by atoms with E-state index in [1.165, 1.54) is 16.8 Å². The monoisotopic (exact) mass is 371 g/mol. The molecule has 1 aliphatic heterocycles. The minimum absolute atomic E-state index is 0.00859. The van der Waals surface area contributed by atoms with Crippen LogP contribution in [0.5, 0.6) is 0 Å². The highest BCUT2D eigenvalue weighted by Crippen LogP contribution is 2.44. The maximum Gasteiger partial charge on any atom is 0.341 e. The van der Waals surface area contributed by atoms with E-state index in [-0.39, 0.29) is 23.9 Å². The Morgan fingerprint density at radius 1 is 1.41 bits per heavy atom. The zero-order chi connectivity index (χ0) is 19.2. The fourth-order valence-corrected chi connectivity index (χ4v) is 3.74. The van der Waals surface area contributed by atoms with Crippen molar-refractivity contribution in [2.75, 3.05) is 11.5 Å². The van der Waals surface area contributed by atoms with Gasteiger partial charge in [0.05, 0.1) is 30.6 Å². The number of carbonyl (C=O) groups is 1. The van der Waals surface area contributed by atoms with Gasteiger partial charge in [0.15, 0.2) is 5.65 Å². The summed E-state index contributed by atoms with van der Waals surface area (Å²) >= 11 is 0. The fraction of sp³-hybridized carbons (Fsp3) is 0.333. The van der Waals surface area contributed by atoms with Gasteiger partial charge in [-0.15, -0.1) is 0 Å². The number of pyridine rings is 1. The summed E-state index contributed by atoms with van der Waals surface area (Å²) in [5.74, 6) is -1.06. The molecule has 2 atom stereocenters. The quantitative estimate of drug-likeness (QED) is 0.723. The molecule has 0 aliphatic carbocycles. The van der Waals surface area contributed by atoms with Crippen molar-refractivity contribution in [2.24, 2.45) is 0 Å². The maximum absolute atomic E-state index is 13.7. The lowest BCUT2D eigenvalue weighted by molar-refractivity contribution is 0.0698. The van der Waals surface area contributed by atoms with Gasteiger partial charge in [-0.3, -0.25) is 4.98 Å². The van der Waals surface area contributed by atoms with Gasteiger partial charge in [-0.25, -0.2) is 18.7 Å². The summed E-state index contributed by atoms with van der Waals surface area (Å²) in [4.78, 5) is 21.8. The Balaban J connectivity index is 1.85. The van der Waals surface area contributed by atoms with Gasteiger partial charge in [0.1, 0.15) is 17.2 Å². The van der Waals surface area contributed by atoms with Crippen LogP contribution in [-0.2, 0) is 0 Å². The molecule has 0 aromatic carbocycles. The van der Waals surface area contributed by atoms with E-state index in [2.05, 4.69) is 15.1 Å². The number of aliphatic hydroxyl groups excluding tert-OH is 1. The molecule has 0 saturated carbocycles. The average molecular weight is 371 g/mol. The molecule has 140 valence electrons. The van der Waals surface area contributed by atoms with Crippen molar-refractivity contribution in [1.82, 2.24) is 19.6 Å². The highest BCUT2D eigenvalue weighted by atomic mass is 19.1. The Morgan fingerprint density at radius 2 is 2.22 bits per heavy atom. The van der Waals surface area contributed by atoms with Gasteiger partial charge in [-0.2, -0.15) is 5.10 Å². The molecule has 0 radical (unpaired) electrons. The molecule has 0 unspecified atom stereocenters. The van der Waals surface area contributed by atoms with Crippen molar-refractivity contribution >= 4 is 17.4 Å². The van der Waals surface area contributed by atoms with Crippen molar-refractivity contribution in [1.29, 1.82) is 0 Å². The number of hydrogen-bond acceptors (Lipinski definition) is 6. The van der Waals surface area contributed by atoms with E-state index in [0.717, 1.165) is 6.20 Å². The number of halogens is 1. The molecular formula is C18H18FN5O3. The number of fused-ring (bicyclic) bond motifs is 1. The first-order valence-electron chi connectivity index (χ1n) is 8.51. The average Bonchev–Trinajstić information content (AvgIpc) is 3.22. The number of aromatic nitrogens is 4. The van der Waals surface area contributed by atoms with Crippen LogP contribution in [0, 0.1) is 5.82 Å². The van der Waals surface area contributed by atoms with Gasteiger partial charge in [-0.1, -0.05) is 0 Å². The summed E-state index contributed by atoms with van der Waals surface area (Å²) < 4.78 is 15.1. The summed E-state index contributed by atoms with van der Waals surface area (Å²) in [6.45, 7) is 1.78. The van der Waals surface area contributed by atoms with Crippen LogP contribution in [0.25, 0.3) is 5.65 Å². The molecule has 3 aromatic rings. The Kier molecular flexibility index (Phi) is 4.03. The van der Waals surface area contributed by atoms with E-state index in [1.54, 1.807) is 18.5 Å².